The van der Waals surface area contributed by atoms with Crippen LogP contribution in [-0.2, 0) is 11.2 Å². The van der Waals surface area contributed by atoms with Crippen LogP contribution in [0.1, 0.15) is 51.0 Å². The van der Waals surface area contributed by atoms with E-state index in [2.05, 4.69) is 15.6 Å². The van der Waals surface area contributed by atoms with Gasteiger partial charge >= 0.3 is 0 Å². The zero-order valence-electron chi connectivity index (χ0n) is 17.2. The van der Waals surface area contributed by atoms with Crippen LogP contribution in [0, 0.1) is 17.6 Å². The second-order valence-corrected chi connectivity index (χ2v) is 8.04. The normalized spacial score (nSPS) is 20.7. The highest BCUT2D eigenvalue weighted by atomic mass is 19.1. The number of benzene rings is 1. The summed E-state index contributed by atoms with van der Waals surface area (Å²) in [5.74, 6) is 0.0619. The molecule has 1 saturated carbocycles. The quantitative estimate of drug-likeness (QED) is 0.563. The van der Waals surface area contributed by atoms with Crippen molar-refractivity contribution < 1.29 is 13.6 Å². The van der Waals surface area contributed by atoms with Crippen molar-refractivity contribution >= 4 is 11.9 Å². The SMILES string of the molecule is CCNC(=NCCc1cc(F)cc(F)c1)NC1CCN(C(=O)C2CCCCC2)C1. The fraction of sp³-hybridized carbons (Fsp3) is 0.636. The van der Waals surface area contributed by atoms with Gasteiger partial charge in [0, 0.05) is 44.2 Å². The minimum absolute atomic E-state index is 0.173. The lowest BCUT2D eigenvalue weighted by Crippen LogP contribution is -2.45. The molecule has 1 unspecified atom stereocenters. The van der Waals surface area contributed by atoms with Crippen molar-refractivity contribution in [2.45, 2.75) is 57.9 Å². The lowest BCUT2D eigenvalue weighted by molar-refractivity contribution is -0.135. The Kier molecular flexibility index (Phi) is 7.83. The van der Waals surface area contributed by atoms with Crippen LogP contribution in [0.4, 0.5) is 8.78 Å². The average molecular weight is 407 g/mol. The summed E-state index contributed by atoms with van der Waals surface area (Å²) in [4.78, 5) is 19.3. The van der Waals surface area contributed by atoms with E-state index in [1.807, 2.05) is 11.8 Å². The molecule has 1 amide bonds. The molecule has 3 rings (SSSR count). The van der Waals surface area contributed by atoms with Crippen molar-refractivity contribution in [2.24, 2.45) is 10.9 Å². The van der Waals surface area contributed by atoms with E-state index in [4.69, 9.17) is 0 Å². The van der Waals surface area contributed by atoms with Crippen molar-refractivity contribution in [3.05, 3.63) is 35.4 Å². The van der Waals surface area contributed by atoms with Gasteiger partial charge in [-0.05, 0) is 50.3 Å². The first kappa shape index (κ1) is 21.5. The van der Waals surface area contributed by atoms with E-state index in [9.17, 15) is 13.6 Å². The number of guanidine groups is 1. The predicted octanol–water partition coefficient (Wildman–Crippen LogP) is 3.24. The molecular formula is C22H32F2N4O. The molecule has 1 aliphatic heterocycles. The standard InChI is InChI=1S/C22H32F2N4O/c1-2-25-22(26-10-8-16-12-18(23)14-19(24)13-16)27-20-9-11-28(15-20)21(29)17-6-4-3-5-7-17/h12-14,17,20H,2-11,15H2,1H3,(H2,25,26,27). The van der Waals surface area contributed by atoms with E-state index in [-0.39, 0.29) is 12.0 Å². The maximum Gasteiger partial charge on any atom is 0.225 e. The molecular weight excluding hydrogens is 374 g/mol. The van der Waals surface area contributed by atoms with E-state index in [0.29, 0.717) is 36.9 Å². The number of hydrogen-bond acceptors (Lipinski definition) is 2. The minimum Gasteiger partial charge on any atom is -0.357 e. The van der Waals surface area contributed by atoms with Crippen LogP contribution >= 0.6 is 0 Å². The summed E-state index contributed by atoms with van der Waals surface area (Å²) in [6.45, 7) is 4.63. The summed E-state index contributed by atoms with van der Waals surface area (Å²) in [7, 11) is 0. The first-order chi connectivity index (χ1) is 14.0. The Morgan fingerprint density at radius 3 is 2.55 bits per heavy atom. The highest BCUT2D eigenvalue weighted by molar-refractivity contribution is 5.81. The molecule has 2 fully saturated rings. The third-order valence-electron chi connectivity index (χ3n) is 5.73. The zero-order chi connectivity index (χ0) is 20.6. The molecule has 2 N–H and O–H groups in total. The molecule has 1 saturated heterocycles. The third kappa shape index (κ3) is 6.41. The van der Waals surface area contributed by atoms with Crippen LogP contribution in [0.5, 0.6) is 0 Å². The van der Waals surface area contributed by atoms with Crippen molar-refractivity contribution in [3.8, 4) is 0 Å². The van der Waals surface area contributed by atoms with Crippen molar-refractivity contribution in [2.75, 3.05) is 26.2 Å². The van der Waals surface area contributed by atoms with Gasteiger partial charge in [0.25, 0.3) is 0 Å². The van der Waals surface area contributed by atoms with E-state index in [1.165, 1.54) is 31.4 Å². The Morgan fingerprint density at radius 2 is 1.86 bits per heavy atom. The number of halogens is 2. The lowest BCUT2D eigenvalue weighted by atomic mass is 9.88. The molecule has 7 heteroatoms. The van der Waals surface area contributed by atoms with E-state index < -0.39 is 11.6 Å². The molecule has 0 spiro atoms. The molecule has 1 aromatic rings. The van der Waals surface area contributed by atoms with E-state index in [1.54, 1.807) is 0 Å². The number of likely N-dealkylation sites (tertiary alicyclic amines) is 1. The molecule has 1 aliphatic carbocycles. The Bertz CT molecular complexity index is 699. The van der Waals surface area contributed by atoms with Crippen LogP contribution in [0.3, 0.4) is 0 Å². The Hall–Kier alpha value is -2.18. The monoisotopic (exact) mass is 406 g/mol. The lowest BCUT2D eigenvalue weighted by Gasteiger charge is -2.26. The van der Waals surface area contributed by atoms with Gasteiger partial charge in [-0.25, -0.2) is 8.78 Å². The molecule has 5 nitrogen and oxygen atoms in total. The Labute approximate surface area is 172 Å². The number of rotatable bonds is 6. The van der Waals surface area contributed by atoms with Gasteiger partial charge < -0.3 is 15.5 Å². The van der Waals surface area contributed by atoms with Crippen LogP contribution in [-0.4, -0.2) is 49.0 Å². The molecule has 29 heavy (non-hydrogen) atoms. The van der Waals surface area contributed by atoms with Gasteiger partial charge in [0.15, 0.2) is 5.96 Å². The van der Waals surface area contributed by atoms with E-state index in [0.717, 1.165) is 38.4 Å². The maximum atomic E-state index is 13.3. The Balaban J connectivity index is 1.50. The summed E-state index contributed by atoms with van der Waals surface area (Å²) in [6.07, 6.45) is 6.99. The third-order valence-corrected chi connectivity index (χ3v) is 5.73. The summed E-state index contributed by atoms with van der Waals surface area (Å²) < 4.78 is 26.6. The number of carbonyl (C=O) groups excluding carboxylic acids is 1. The molecule has 0 bridgehead atoms. The largest absolute Gasteiger partial charge is 0.357 e. The van der Waals surface area contributed by atoms with Crippen LogP contribution in [0.15, 0.2) is 23.2 Å². The average Bonchev–Trinajstić information content (AvgIpc) is 3.16. The fourth-order valence-electron chi connectivity index (χ4n) is 4.25. The molecule has 1 aromatic carbocycles. The topological polar surface area (TPSA) is 56.7 Å². The van der Waals surface area contributed by atoms with Gasteiger partial charge in [-0.3, -0.25) is 9.79 Å². The van der Waals surface area contributed by atoms with Gasteiger partial charge in [0.05, 0.1) is 0 Å². The Morgan fingerprint density at radius 1 is 1.14 bits per heavy atom. The van der Waals surface area contributed by atoms with Crippen molar-refractivity contribution in [1.29, 1.82) is 0 Å². The number of amides is 1. The number of aliphatic imine (C=N–C) groups is 1. The zero-order valence-corrected chi connectivity index (χ0v) is 17.2. The van der Waals surface area contributed by atoms with Gasteiger partial charge in [-0.15, -0.1) is 0 Å². The van der Waals surface area contributed by atoms with Crippen molar-refractivity contribution in [3.63, 3.8) is 0 Å². The first-order valence-corrected chi connectivity index (χ1v) is 10.8. The molecule has 2 aliphatic rings. The number of nitrogens with one attached hydrogen (secondary N) is 2. The molecule has 160 valence electrons. The van der Waals surface area contributed by atoms with E-state index >= 15 is 0 Å². The second-order valence-electron chi connectivity index (χ2n) is 8.04. The smallest absolute Gasteiger partial charge is 0.225 e. The number of carbonyl (C=O) groups is 1. The highest BCUT2D eigenvalue weighted by Crippen LogP contribution is 2.26. The summed E-state index contributed by atoms with van der Waals surface area (Å²) >= 11 is 0. The second kappa shape index (κ2) is 10.6. The van der Waals surface area contributed by atoms with Gasteiger partial charge in [-0.2, -0.15) is 0 Å². The highest BCUT2D eigenvalue weighted by Gasteiger charge is 2.31. The van der Waals surface area contributed by atoms with Gasteiger partial charge in [0.1, 0.15) is 11.6 Å². The summed E-state index contributed by atoms with van der Waals surface area (Å²) in [5, 5.41) is 6.62. The summed E-state index contributed by atoms with van der Waals surface area (Å²) in [6, 6.07) is 3.72. The van der Waals surface area contributed by atoms with Gasteiger partial charge in [0.2, 0.25) is 5.91 Å². The van der Waals surface area contributed by atoms with Crippen LogP contribution in [0.25, 0.3) is 0 Å². The maximum absolute atomic E-state index is 13.3. The van der Waals surface area contributed by atoms with Crippen LogP contribution < -0.4 is 10.6 Å². The first-order valence-electron chi connectivity index (χ1n) is 10.8. The fourth-order valence-corrected chi connectivity index (χ4v) is 4.25. The molecule has 0 aromatic heterocycles. The summed E-state index contributed by atoms with van der Waals surface area (Å²) in [5.41, 5.74) is 0.590. The van der Waals surface area contributed by atoms with Crippen molar-refractivity contribution in [1.82, 2.24) is 15.5 Å². The molecule has 0 radical (unpaired) electrons. The molecule has 1 atom stereocenters. The predicted molar refractivity (Wildman–Crippen MR) is 111 cm³/mol. The van der Waals surface area contributed by atoms with Gasteiger partial charge in [-0.1, -0.05) is 19.3 Å². The number of hydrogen-bond donors (Lipinski definition) is 2. The van der Waals surface area contributed by atoms with Crippen LogP contribution in [0.2, 0.25) is 0 Å². The number of nitrogens with zero attached hydrogens (tertiary/aromatic N) is 2. The minimum atomic E-state index is -0.567. The molecule has 1 heterocycles.